The van der Waals surface area contributed by atoms with Crippen molar-refractivity contribution < 1.29 is 14.0 Å². The van der Waals surface area contributed by atoms with Crippen LogP contribution >= 0.6 is 11.6 Å². The summed E-state index contributed by atoms with van der Waals surface area (Å²) in [5.41, 5.74) is 7.29. The van der Waals surface area contributed by atoms with E-state index in [2.05, 4.69) is 20.5 Å². The van der Waals surface area contributed by atoms with Gasteiger partial charge in [-0.1, -0.05) is 24.6 Å². The average Bonchev–Trinajstić information content (AvgIpc) is 3.23. The van der Waals surface area contributed by atoms with E-state index in [4.69, 9.17) is 17.3 Å². The second kappa shape index (κ2) is 7.91. The molecule has 1 aromatic carbocycles. The summed E-state index contributed by atoms with van der Waals surface area (Å²) in [6.45, 7) is 2.43. The van der Waals surface area contributed by atoms with Crippen LogP contribution in [0.3, 0.4) is 0 Å². The minimum absolute atomic E-state index is 0.0161. The van der Waals surface area contributed by atoms with Crippen molar-refractivity contribution in [1.29, 1.82) is 0 Å². The molecule has 0 spiro atoms. The van der Waals surface area contributed by atoms with Gasteiger partial charge in [0, 0.05) is 6.54 Å². The van der Waals surface area contributed by atoms with E-state index in [1.165, 1.54) is 29.4 Å². The van der Waals surface area contributed by atoms with Gasteiger partial charge in [-0.3, -0.25) is 14.7 Å². The van der Waals surface area contributed by atoms with Gasteiger partial charge >= 0.3 is 11.8 Å². The van der Waals surface area contributed by atoms with E-state index in [0.717, 1.165) is 6.42 Å². The Kier molecular flexibility index (Phi) is 5.29. The van der Waals surface area contributed by atoms with Crippen LogP contribution in [-0.2, 0) is 9.59 Å². The standard InChI is InChI=1S/C20H20ClFN6O2/c1-10-2-5-16(11-3-4-14(22)13(21)6-11)28(9-10)20(30)19(29)26-15-8-24-18(23)12-7-25-27-17(12)15/h3-4,6-8,10,16H,2,5,9H2,1H3,(H2,23,24)(H,25,27)(H,26,29)/t10-,16+/m1/s1. The highest BCUT2D eigenvalue weighted by atomic mass is 35.5. The molecule has 4 rings (SSSR count). The number of H-pyrrole nitrogens is 1. The number of carbonyl (C=O) groups excluding carboxylic acids is 2. The Morgan fingerprint density at radius 1 is 1.33 bits per heavy atom. The molecule has 0 aliphatic carbocycles. The van der Waals surface area contributed by atoms with Crippen LogP contribution in [0.2, 0.25) is 5.02 Å². The van der Waals surface area contributed by atoms with Gasteiger partial charge < -0.3 is 16.0 Å². The molecule has 0 unspecified atom stereocenters. The summed E-state index contributed by atoms with van der Waals surface area (Å²) >= 11 is 5.93. The molecule has 1 fully saturated rings. The smallest absolute Gasteiger partial charge is 0.314 e. The molecule has 4 N–H and O–H groups in total. The summed E-state index contributed by atoms with van der Waals surface area (Å²) in [6.07, 6.45) is 4.39. The van der Waals surface area contributed by atoms with Crippen LogP contribution in [0.5, 0.6) is 0 Å². The molecule has 30 heavy (non-hydrogen) atoms. The number of rotatable bonds is 2. The molecule has 0 bridgehead atoms. The second-order valence-electron chi connectivity index (χ2n) is 7.50. The number of halogens is 2. The van der Waals surface area contributed by atoms with Gasteiger partial charge in [0.2, 0.25) is 0 Å². The number of carbonyl (C=O) groups is 2. The van der Waals surface area contributed by atoms with Crippen molar-refractivity contribution in [1.82, 2.24) is 20.1 Å². The maximum atomic E-state index is 13.6. The normalized spacial score (nSPS) is 19.1. The van der Waals surface area contributed by atoms with Gasteiger partial charge in [-0.2, -0.15) is 5.10 Å². The number of hydrogen-bond acceptors (Lipinski definition) is 5. The van der Waals surface area contributed by atoms with Gasteiger partial charge in [-0.15, -0.1) is 0 Å². The molecule has 156 valence electrons. The Hall–Kier alpha value is -3.20. The predicted molar refractivity (Wildman–Crippen MR) is 111 cm³/mol. The Labute approximate surface area is 176 Å². The van der Waals surface area contributed by atoms with E-state index in [-0.39, 0.29) is 22.8 Å². The van der Waals surface area contributed by atoms with Crippen molar-refractivity contribution in [3.63, 3.8) is 0 Å². The molecular formula is C20H20ClFN6O2. The van der Waals surface area contributed by atoms with E-state index >= 15 is 0 Å². The summed E-state index contributed by atoms with van der Waals surface area (Å²) in [6, 6.07) is 4.01. The largest absolute Gasteiger partial charge is 0.383 e. The molecule has 1 saturated heterocycles. The molecular weight excluding hydrogens is 411 g/mol. The highest BCUT2D eigenvalue weighted by Crippen LogP contribution is 2.35. The first-order valence-corrected chi connectivity index (χ1v) is 9.87. The van der Waals surface area contributed by atoms with Crippen LogP contribution in [0.4, 0.5) is 15.9 Å². The summed E-state index contributed by atoms with van der Waals surface area (Å²) in [5.74, 6) is -1.52. The van der Waals surface area contributed by atoms with Crippen molar-refractivity contribution in [3.05, 3.63) is 47.0 Å². The minimum Gasteiger partial charge on any atom is -0.383 e. The van der Waals surface area contributed by atoms with Crippen LogP contribution in [0.1, 0.15) is 31.4 Å². The summed E-state index contributed by atoms with van der Waals surface area (Å²) < 4.78 is 13.6. The fraction of sp³-hybridized carbons (Fsp3) is 0.300. The average molecular weight is 431 g/mol. The van der Waals surface area contributed by atoms with Crippen molar-refractivity contribution in [3.8, 4) is 0 Å². The SMILES string of the molecule is C[C@@H]1CC[C@@H](c2ccc(F)c(Cl)c2)N(C(=O)C(=O)Nc2cnc(N)c3cn[nH]c23)C1. The monoisotopic (exact) mass is 430 g/mol. The maximum absolute atomic E-state index is 13.6. The third-order valence-corrected chi connectivity index (χ3v) is 5.66. The van der Waals surface area contributed by atoms with Crippen molar-refractivity contribution in [2.45, 2.75) is 25.8 Å². The van der Waals surface area contributed by atoms with Crippen molar-refractivity contribution in [2.24, 2.45) is 5.92 Å². The number of pyridine rings is 1. The van der Waals surface area contributed by atoms with Crippen LogP contribution in [0, 0.1) is 11.7 Å². The number of aromatic nitrogens is 3. The fourth-order valence-electron chi connectivity index (χ4n) is 3.80. The number of fused-ring (bicyclic) bond motifs is 1. The fourth-order valence-corrected chi connectivity index (χ4v) is 3.99. The van der Waals surface area contributed by atoms with Crippen LogP contribution in [-0.4, -0.2) is 38.4 Å². The third kappa shape index (κ3) is 3.68. The first-order valence-electron chi connectivity index (χ1n) is 9.49. The predicted octanol–water partition coefficient (Wildman–Crippen LogP) is 3.27. The van der Waals surface area contributed by atoms with E-state index < -0.39 is 17.6 Å². The molecule has 2 aromatic heterocycles. The van der Waals surface area contributed by atoms with E-state index in [0.29, 0.717) is 35.1 Å². The number of amides is 2. The molecule has 2 amide bonds. The Morgan fingerprint density at radius 2 is 2.13 bits per heavy atom. The zero-order valence-corrected chi connectivity index (χ0v) is 16.9. The third-order valence-electron chi connectivity index (χ3n) is 5.37. The first-order chi connectivity index (χ1) is 14.3. The number of hydrogen-bond donors (Lipinski definition) is 3. The van der Waals surface area contributed by atoms with Gasteiger partial charge in [0.25, 0.3) is 0 Å². The van der Waals surface area contributed by atoms with Gasteiger partial charge in [-0.25, -0.2) is 9.37 Å². The van der Waals surface area contributed by atoms with Gasteiger partial charge in [0.1, 0.15) is 11.6 Å². The van der Waals surface area contributed by atoms with Crippen LogP contribution in [0.25, 0.3) is 10.9 Å². The molecule has 3 aromatic rings. The number of nitrogens with one attached hydrogen (secondary N) is 2. The summed E-state index contributed by atoms with van der Waals surface area (Å²) in [5, 5.41) is 9.78. The highest BCUT2D eigenvalue weighted by molar-refractivity contribution is 6.40. The number of benzene rings is 1. The number of nitrogens with two attached hydrogens (primary N) is 1. The number of aromatic amines is 1. The van der Waals surface area contributed by atoms with E-state index in [1.807, 2.05) is 6.92 Å². The lowest BCUT2D eigenvalue weighted by Gasteiger charge is -2.38. The number of anilines is 2. The molecule has 0 radical (unpaired) electrons. The molecule has 10 heteroatoms. The van der Waals surface area contributed by atoms with Gasteiger partial charge in [-0.05, 0) is 36.5 Å². The van der Waals surface area contributed by atoms with Gasteiger partial charge in [0.05, 0.1) is 40.0 Å². The topological polar surface area (TPSA) is 117 Å². The molecule has 8 nitrogen and oxygen atoms in total. The maximum Gasteiger partial charge on any atom is 0.314 e. The lowest BCUT2D eigenvalue weighted by molar-refractivity contribution is -0.146. The number of likely N-dealkylation sites (tertiary alicyclic amines) is 1. The zero-order chi connectivity index (χ0) is 21.4. The van der Waals surface area contributed by atoms with E-state index in [1.54, 1.807) is 6.07 Å². The molecule has 1 aliphatic heterocycles. The summed E-state index contributed by atoms with van der Waals surface area (Å²) in [7, 11) is 0. The minimum atomic E-state index is -0.801. The van der Waals surface area contributed by atoms with Crippen LogP contribution < -0.4 is 11.1 Å². The van der Waals surface area contributed by atoms with Crippen molar-refractivity contribution >= 4 is 45.8 Å². The summed E-state index contributed by atoms with van der Waals surface area (Å²) in [4.78, 5) is 31.4. The molecule has 1 aliphatic rings. The quantitative estimate of drug-likeness (QED) is 0.539. The van der Waals surface area contributed by atoms with E-state index in [9.17, 15) is 14.0 Å². The molecule has 3 heterocycles. The molecule has 2 atom stereocenters. The number of nitrogen functional groups attached to an aromatic ring is 1. The van der Waals surface area contributed by atoms with Crippen LogP contribution in [0.15, 0.2) is 30.6 Å². The Balaban J connectivity index is 1.60. The lowest BCUT2D eigenvalue weighted by Crippen LogP contribution is -2.46. The molecule has 0 saturated carbocycles. The highest BCUT2D eigenvalue weighted by Gasteiger charge is 2.34. The lowest BCUT2D eigenvalue weighted by atomic mass is 9.89. The Bertz CT molecular complexity index is 1130. The zero-order valence-electron chi connectivity index (χ0n) is 16.2. The van der Waals surface area contributed by atoms with Crippen molar-refractivity contribution in [2.75, 3.05) is 17.6 Å². The van der Waals surface area contributed by atoms with Gasteiger partial charge in [0.15, 0.2) is 0 Å². The second-order valence-corrected chi connectivity index (χ2v) is 7.91. The number of nitrogens with zero attached hydrogens (tertiary/aromatic N) is 3. The first kappa shape index (κ1) is 20.1. The number of piperidine rings is 1. The Morgan fingerprint density at radius 3 is 2.90 bits per heavy atom.